The number of anilines is 2. The van der Waals surface area contributed by atoms with Gasteiger partial charge in [-0.05, 0) is 63.1 Å². The standard InChI is InChI=1S/C34H38N6O4/c1-6-39(7-2)22-16-17-23(24(41)18-22)25-28(42)26(29(25)43)27-30(34(3,4)5)37-40-32(27)36-31(38-40)19-12-14-21(15-13-19)35-33(44)20-10-8-9-11-20/h12-18,20,41-42H,6-11H2,1-5H3,(H,35,44)/b27-26-. The number of amides is 1. The number of aliphatic hydroxyl groups excluding tert-OH is 1. The molecule has 0 aliphatic heterocycles. The number of nitrogens with one attached hydrogen (secondary N) is 1. The zero-order valence-corrected chi connectivity index (χ0v) is 25.8. The van der Waals surface area contributed by atoms with E-state index < -0.39 is 5.41 Å². The Kier molecular flexibility index (Phi) is 7.39. The van der Waals surface area contributed by atoms with Gasteiger partial charge in [-0.15, -0.1) is 9.73 Å². The molecule has 44 heavy (non-hydrogen) atoms. The van der Waals surface area contributed by atoms with E-state index in [2.05, 4.69) is 15.3 Å². The molecule has 0 bridgehead atoms. The number of hydrogen-bond donors (Lipinski definition) is 3. The van der Waals surface area contributed by atoms with Gasteiger partial charge in [0.2, 0.25) is 11.7 Å². The number of rotatable bonds is 7. The van der Waals surface area contributed by atoms with Crippen LogP contribution in [0.3, 0.4) is 0 Å². The lowest BCUT2D eigenvalue weighted by atomic mass is 9.80. The van der Waals surface area contributed by atoms with Crippen LogP contribution >= 0.6 is 0 Å². The number of phenolic OH excluding ortho intramolecular Hbond substituents is 1. The summed E-state index contributed by atoms with van der Waals surface area (Å²) in [7, 11) is 0. The van der Waals surface area contributed by atoms with E-state index in [0.717, 1.165) is 50.0 Å². The average Bonchev–Trinajstić information content (AvgIpc) is 3.74. The van der Waals surface area contributed by atoms with Gasteiger partial charge in [-0.2, -0.15) is 5.10 Å². The zero-order valence-electron chi connectivity index (χ0n) is 25.8. The number of allylic oxidation sites excluding steroid dienone is 2. The van der Waals surface area contributed by atoms with Crippen molar-refractivity contribution in [2.24, 2.45) is 5.92 Å². The minimum absolute atomic E-state index is 0.0557. The Balaban J connectivity index is 1.39. The van der Waals surface area contributed by atoms with E-state index in [1.54, 1.807) is 12.1 Å². The lowest BCUT2D eigenvalue weighted by Crippen LogP contribution is -2.32. The van der Waals surface area contributed by atoms with E-state index in [9.17, 15) is 19.8 Å². The van der Waals surface area contributed by atoms with Gasteiger partial charge in [0.15, 0.2) is 11.5 Å². The van der Waals surface area contributed by atoms with Crippen LogP contribution in [0.5, 0.6) is 5.75 Å². The van der Waals surface area contributed by atoms with E-state index in [1.165, 1.54) is 4.63 Å². The van der Waals surface area contributed by atoms with Gasteiger partial charge in [-0.25, -0.2) is 4.98 Å². The van der Waals surface area contributed by atoms with Crippen LogP contribution in [0.4, 0.5) is 11.4 Å². The predicted molar refractivity (Wildman–Crippen MR) is 170 cm³/mol. The summed E-state index contributed by atoms with van der Waals surface area (Å²) in [5.74, 6) is -0.125. The molecule has 0 radical (unpaired) electrons. The van der Waals surface area contributed by atoms with Gasteiger partial charge in [0, 0.05) is 53.0 Å². The minimum atomic E-state index is -0.478. The maximum Gasteiger partial charge on any atom is 0.227 e. The van der Waals surface area contributed by atoms with Gasteiger partial charge in [0.25, 0.3) is 0 Å². The maximum absolute atomic E-state index is 13.7. The van der Waals surface area contributed by atoms with Gasteiger partial charge >= 0.3 is 0 Å². The zero-order chi connectivity index (χ0) is 31.3. The first kappa shape index (κ1) is 29.3. The van der Waals surface area contributed by atoms with E-state index in [1.807, 2.05) is 65.0 Å². The molecule has 0 atom stereocenters. The Morgan fingerprint density at radius 2 is 1.68 bits per heavy atom. The lowest BCUT2D eigenvalue weighted by Gasteiger charge is -2.25. The van der Waals surface area contributed by atoms with Gasteiger partial charge in [0.1, 0.15) is 11.5 Å². The summed E-state index contributed by atoms with van der Waals surface area (Å²) in [5, 5.41) is 34.8. The van der Waals surface area contributed by atoms with E-state index in [4.69, 9.17) is 10.1 Å². The molecule has 0 unspecified atom stereocenters. The van der Waals surface area contributed by atoms with Crippen LogP contribution in [0.2, 0.25) is 0 Å². The summed E-state index contributed by atoms with van der Waals surface area (Å²) in [6.07, 6.45) is 4.06. The fourth-order valence-electron chi connectivity index (χ4n) is 6.19. The second kappa shape index (κ2) is 11.1. The second-order valence-corrected chi connectivity index (χ2v) is 12.6. The summed E-state index contributed by atoms with van der Waals surface area (Å²) in [4.78, 5) is 33.0. The number of aromatic hydroxyl groups is 1. The Bertz CT molecular complexity index is 1860. The Labute approximate surface area is 256 Å². The predicted octanol–water partition coefficient (Wildman–Crippen LogP) is 5.19. The summed E-state index contributed by atoms with van der Waals surface area (Å²) in [6, 6.07) is 12.5. The molecule has 6 rings (SSSR count). The molecule has 2 aromatic heterocycles. The molecule has 228 valence electrons. The first-order valence-electron chi connectivity index (χ1n) is 15.3. The van der Waals surface area contributed by atoms with Crippen molar-refractivity contribution in [1.29, 1.82) is 0 Å². The quantitative estimate of drug-likeness (QED) is 0.266. The number of aliphatic hydroxyl groups is 1. The molecule has 4 aromatic rings. The number of nitrogens with zero attached hydrogens (tertiary/aromatic N) is 5. The molecule has 1 amide bonds. The summed E-state index contributed by atoms with van der Waals surface area (Å²) in [6.45, 7) is 11.5. The van der Waals surface area contributed by atoms with Crippen molar-refractivity contribution in [1.82, 2.24) is 19.8 Å². The van der Waals surface area contributed by atoms with Gasteiger partial charge in [-0.3, -0.25) is 9.59 Å². The van der Waals surface area contributed by atoms with Crippen molar-refractivity contribution in [3.8, 4) is 17.1 Å². The fourth-order valence-corrected chi connectivity index (χ4v) is 6.19. The van der Waals surface area contributed by atoms with Gasteiger partial charge < -0.3 is 20.4 Å². The fraction of sp³-hybridized carbons (Fsp3) is 0.382. The van der Waals surface area contributed by atoms with Gasteiger partial charge in [-0.1, -0.05) is 33.6 Å². The largest absolute Gasteiger partial charge is 0.507 e. The summed E-state index contributed by atoms with van der Waals surface area (Å²) < 4.78 is 1.41. The monoisotopic (exact) mass is 594 g/mol. The van der Waals surface area contributed by atoms with E-state index >= 15 is 0 Å². The third-order valence-corrected chi connectivity index (χ3v) is 8.65. The topological polar surface area (TPSA) is 133 Å². The number of ketones is 1. The molecule has 2 heterocycles. The normalized spacial score (nSPS) is 17.0. The second-order valence-electron chi connectivity index (χ2n) is 12.6. The first-order valence-corrected chi connectivity index (χ1v) is 15.3. The molecule has 2 aromatic carbocycles. The van der Waals surface area contributed by atoms with Gasteiger partial charge in [0.05, 0.1) is 22.1 Å². The molecule has 10 heteroatoms. The number of Topliss-reactive ketones (excluding diaryl/α,β-unsaturated/α-hetero) is 1. The molecule has 0 saturated heterocycles. The number of benzene rings is 2. The Morgan fingerprint density at radius 3 is 2.27 bits per heavy atom. The smallest absolute Gasteiger partial charge is 0.227 e. The van der Waals surface area contributed by atoms with Crippen molar-refractivity contribution in [3.63, 3.8) is 0 Å². The van der Waals surface area contributed by atoms with Crippen molar-refractivity contribution in [2.45, 2.75) is 65.7 Å². The number of fused-ring (bicyclic) bond motifs is 1. The summed E-state index contributed by atoms with van der Waals surface area (Å²) >= 11 is 0. The van der Waals surface area contributed by atoms with Crippen LogP contribution in [-0.4, -0.2) is 54.8 Å². The molecule has 2 aliphatic carbocycles. The molecule has 1 saturated carbocycles. The van der Waals surface area contributed by atoms with Crippen LogP contribution in [0.1, 0.15) is 71.6 Å². The van der Waals surface area contributed by atoms with Crippen LogP contribution in [0, 0.1) is 5.92 Å². The Hall–Kier alpha value is -4.73. The van der Waals surface area contributed by atoms with Crippen molar-refractivity contribution in [3.05, 3.63) is 64.7 Å². The lowest BCUT2D eigenvalue weighted by molar-refractivity contribution is -0.119. The van der Waals surface area contributed by atoms with Crippen molar-refractivity contribution in [2.75, 3.05) is 23.3 Å². The number of hydrogen-bond acceptors (Lipinski definition) is 8. The molecular weight excluding hydrogens is 556 g/mol. The number of carbonyl (C=O) groups excluding carboxylic acids is 2. The van der Waals surface area contributed by atoms with Crippen molar-refractivity contribution < 1.29 is 19.8 Å². The molecule has 1 fully saturated rings. The molecule has 3 N–H and O–H groups in total. The highest BCUT2D eigenvalue weighted by molar-refractivity contribution is 6.52. The number of phenols is 1. The van der Waals surface area contributed by atoms with Crippen LogP contribution < -0.4 is 15.4 Å². The van der Waals surface area contributed by atoms with Crippen molar-refractivity contribution >= 4 is 39.9 Å². The molecule has 10 nitrogen and oxygen atoms in total. The minimum Gasteiger partial charge on any atom is -0.507 e. The third-order valence-electron chi connectivity index (χ3n) is 8.65. The van der Waals surface area contributed by atoms with E-state index in [0.29, 0.717) is 28.1 Å². The number of carbonyl (C=O) groups is 2. The first-order chi connectivity index (χ1) is 21.0. The average molecular weight is 595 g/mol. The maximum atomic E-state index is 13.7. The third kappa shape index (κ3) is 4.98. The molecule has 0 spiro atoms. The highest BCUT2D eigenvalue weighted by atomic mass is 16.3. The Morgan fingerprint density at radius 1 is 1.00 bits per heavy atom. The SMILES string of the molecule is CCN(CC)c1ccc(C2=C(O)/C(=c3\c(C(C)(C)C)nn4nc(-c5ccc(NC(=O)C6CCCC6)cc5)nc34)C2=O)c(O)c1. The summed E-state index contributed by atoms with van der Waals surface area (Å²) in [5.41, 5.74) is 3.20. The van der Waals surface area contributed by atoms with E-state index in [-0.39, 0.29) is 45.8 Å². The van der Waals surface area contributed by atoms with Crippen LogP contribution in [0.25, 0.3) is 28.2 Å². The molecular formula is C34H38N6O4. The van der Waals surface area contributed by atoms with Crippen LogP contribution in [-0.2, 0) is 15.0 Å². The highest BCUT2D eigenvalue weighted by Gasteiger charge is 2.40. The highest BCUT2D eigenvalue weighted by Crippen LogP contribution is 2.42. The molecule has 2 aliphatic rings. The van der Waals surface area contributed by atoms with Crippen LogP contribution in [0.15, 0.2) is 48.2 Å². The number of aromatic nitrogens is 4.